The molecule has 3 atom stereocenters. The number of rotatable bonds is 4. The van der Waals surface area contributed by atoms with E-state index in [0.717, 1.165) is 32.4 Å². The highest BCUT2D eigenvalue weighted by atomic mass is 16.5. The van der Waals surface area contributed by atoms with Gasteiger partial charge in [0.2, 0.25) is 5.91 Å². The minimum atomic E-state index is 0.0579. The van der Waals surface area contributed by atoms with Gasteiger partial charge in [-0.15, -0.1) is 0 Å². The molecule has 4 nitrogen and oxygen atoms in total. The fourth-order valence-corrected chi connectivity index (χ4v) is 3.45. The number of hydrogen-bond acceptors (Lipinski definition) is 3. The van der Waals surface area contributed by atoms with Gasteiger partial charge in [-0.05, 0) is 38.4 Å². The minimum Gasteiger partial charge on any atom is -0.373 e. The molecule has 114 valence electrons. The molecule has 4 heteroatoms. The van der Waals surface area contributed by atoms with E-state index in [1.807, 2.05) is 25.2 Å². The average molecular weight is 288 g/mol. The Hall–Kier alpha value is -1.39. The van der Waals surface area contributed by atoms with Gasteiger partial charge < -0.3 is 10.1 Å². The highest BCUT2D eigenvalue weighted by Gasteiger charge is 2.32. The second-order valence-corrected chi connectivity index (χ2v) is 6.13. The van der Waals surface area contributed by atoms with E-state index in [0.29, 0.717) is 12.5 Å². The molecule has 2 fully saturated rings. The second-order valence-electron chi connectivity index (χ2n) is 6.13. The molecule has 2 saturated heterocycles. The Labute approximate surface area is 126 Å². The van der Waals surface area contributed by atoms with Crippen molar-refractivity contribution in [3.63, 3.8) is 0 Å². The van der Waals surface area contributed by atoms with Crippen LogP contribution in [0.5, 0.6) is 0 Å². The molecule has 1 aromatic carbocycles. The number of carbonyl (C=O) groups excluding carboxylic acids is 1. The summed E-state index contributed by atoms with van der Waals surface area (Å²) in [6.45, 7) is 2.52. The Balaban J connectivity index is 1.56. The molecule has 2 heterocycles. The standard InChI is InChI=1S/C17H24N2O2/c1-19-10-5-8-15(19)17(20)18-12-14-9-11-21-16(14)13-6-3-2-4-7-13/h2-4,6-7,14-16H,5,8-12H2,1H3,(H,18,20)/t14-,15+,16-/m1/s1. The van der Waals surface area contributed by atoms with Crippen LogP contribution in [-0.2, 0) is 9.53 Å². The minimum absolute atomic E-state index is 0.0579. The van der Waals surface area contributed by atoms with Crippen LogP contribution in [-0.4, -0.2) is 43.6 Å². The number of amides is 1. The summed E-state index contributed by atoms with van der Waals surface area (Å²) < 4.78 is 5.87. The van der Waals surface area contributed by atoms with Crippen molar-refractivity contribution in [3.05, 3.63) is 35.9 Å². The van der Waals surface area contributed by atoms with Crippen molar-refractivity contribution in [2.24, 2.45) is 5.92 Å². The largest absolute Gasteiger partial charge is 0.373 e. The molecule has 2 aliphatic heterocycles. The summed E-state index contributed by atoms with van der Waals surface area (Å²) in [5, 5.41) is 3.14. The first-order chi connectivity index (χ1) is 10.3. The van der Waals surface area contributed by atoms with E-state index in [1.165, 1.54) is 5.56 Å². The van der Waals surface area contributed by atoms with Gasteiger partial charge in [0.05, 0.1) is 12.1 Å². The maximum absolute atomic E-state index is 12.3. The van der Waals surface area contributed by atoms with Gasteiger partial charge in [0.25, 0.3) is 0 Å². The first-order valence-corrected chi connectivity index (χ1v) is 7.90. The predicted molar refractivity (Wildman–Crippen MR) is 81.9 cm³/mol. The van der Waals surface area contributed by atoms with Crippen molar-refractivity contribution < 1.29 is 9.53 Å². The SMILES string of the molecule is CN1CCC[C@H]1C(=O)NC[C@H]1CCO[C@@H]1c1ccccc1. The van der Waals surface area contributed by atoms with Crippen LogP contribution in [0.15, 0.2) is 30.3 Å². The lowest BCUT2D eigenvalue weighted by atomic mass is 9.95. The number of carbonyl (C=O) groups is 1. The fraction of sp³-hybridized carbons (Fsp3) is 0.588. The molecule has 1 amide bonds. The summed E-state index contributed by atoms with van der Waals surface area (Å²) in [7, 11) is 2.03. The van der Waals surface area contributed by atoms with Crippen molar-refractivity contribution in [2.45, 2.75) is 31.4 Å². The first-order valence-electron chi connectivity index (χ1n) is 7.90. The quantitative estimate of drug-likeness (QED) is 0.921. The molecular weight excluding hydrogens is 264 g/mol. The number of nitrogens with one attached hydrogen (secondary N) is 1. The fourth-order valence-electron chi connectivity index (χ4n) is 3.45. The Bertz CT molecular complexity index is 477. The predicted octanol–water partition coefficient (Wildman–Crippen LogP) is 1.97. The number of likely N-dealkylation sites (N-methyl/N-ethyl adjacent to an activating group) is 1. The zero-order chi connectivity index (χ0) is 14.7. The lowest BCUT2D eigenvalue weighted by Crippen LogP contribution is -2.43. The van der Waals surface area contributed by atoms with Gasteiger partial charge in [0, 0.05) is 19.1 Å². The van der Waals surface area contributed by atoms with Gasteiger partial charge in [-0.1, -0.05) is 30.3 Å². The highest BCUT2D eigenvalue weighted by molar-refractivity contribution is 5.82. The van der Waals surface area contributed by atoms with Crippen LogP contribution < -0.4 is 5.32 Å². The summed E-state index contributed by atoms with van der Waals surface area (Å²) in [5.74, 6) is 0.553. The van der Waals surface area contributed by atoms with Crippen molar-refractivity contribution in [2.75, 3.05) is 26.7 Å². The molecular formula is C17H24N2O2. The van der Waals surface area contributed by atoms with E-state index < -0.39 is 0 Å². The van der Waals surface area contributed by atoms with Gasteiger partial charge in [-0.25, -0.2) is 0 Å². The van der Waals surface area contributed by atoms with Gasteiger partial charge in [-0.2, -0.15) is 0 Å². The van der Waals surface area contributed by atoms with Gasteiger partial charge in [-0.3, -0.25) is 9.69 Å². The summed E-state index contributed by atoms with van der Waals surface area (Å²) in [6, 6.07) is 10.4. The van der Waals surface area contributed by atoms with E-state index >= 15 is 0 Å². The van der Waals surface area contributed by atoms with Crippen LogP contribution >= 0.6 is 0 Å². The number of likely N-dealkylation sites (tertiary alicyclic amines) is 1. The topological polar surface area (TPSA) is 41.6 Å². The van der Waals surface area contributed by atoms with Gasteiger partial charge in [0.1, 0.15) is 0 Å². The van der Waals surface area contributed by atoms with Crippen LogP contribution in [0.1, 0.15) is 30.9 Å². The number of ether oxygens (including phenoxy) is 1. The van der Waals surface area contributed by atoms with Crippen LogP contribution in [0.3, 0.4) is 0 Å². The summed E-state index contributed by atoms with van der Waals surface area (Å²) >= 11 is 0. The molecule has 1 N–H and O–H groups in total. The monoisotopic (exact) mass is 288 g/mol. The van der Waals surface area contributed by atoms with E-state index in [4.69, 9.17) is 4.74 Å². The normalized spacial score (nSPS) is 29.7. The summed E-state index contributed by atoms with van der Waals surface area (Å²) in [6.07, 6.45) is 3.23. The van der Waals surface area contributed by atoms with Crippen LogP contribution in [0, 0.1) is 5.92 Å². The Morgan fingerprint density at radius 2 is 2.14 bits per heavy atom. The Morgan fingerprint density at radius 3 is 2.86 bits per heavy atom. The van der Waals surface area contributed by atoms with E-state index in [1.54, 1.807) is 0 Å². The average Bonchev–Trinajstić information content (AvgIpc) is 3.14. The van der Waals surface area contributed by atoms with Crippen LogP contribution in [0.25, 0.3) is 0 Å². The molecule has 0 spiro atoms. The number of benzene rings is 1. The highest BCUT2D eigenvalue weighted by Crippen LogP contribution is 2.33. The number of hydrogen-bond donors (Lipinski definition) is 1. The Morgan fingerprint density at radius 1 is 1.33 bits per heavy atom. The first kappa shape index (κ1) is 14.5. The van der Waals surface area contributed by atoms with Crippen molar-refractivity contribution in [3.8, 4) is 0 Å². The number of nitrogens with zero attached hydrogens (tertiary/aromatic N) is 1. The maximum Gasteiger partial charge on any atom is 0.237 e. The molecule has 0 saturated carbocycles. The second kappa shape index (κ2) is 6.58. The molecule has 1 aromatic rings. The molecule has 21 heavy (non-hydrogen) atoms. The molecule has 3 rings (SSSR count). The van der Waals surface area contributed by atoms with E-state index in [2.05, 4.69) is 22.3 Å². The van der Waals surface area contributed by atoms with Crippen molar-refractivity contribution in [1.29, 1.82) is 0 Å². The molecule has 2 aliphatic rings. The lowest BCUT2D eigenvalue weighted by Gasteiger charge is -2.22. The van der Waals surface area contributed by atoms with E-state index in [-0.39, 0.29) is 18.1 Å². The molecule has 0 bridgehead atoms. The molecule has 0 aliphatic carbocycles. The zero-order valence-corrected chi connectivity index (χ0v) is 12.6. The summed E-state index contributed by atoms with van der Waals surface area (Å²) in [5.41, 5.74) is 1.22. The lowest BCUT2D eigenvalue weighted by molar-refractivity contribution is -0.125. The third-order valence-corrected chi connectivity index (χ3v) is 4.70. The van der Waals surface area contributed by atoms with Crippen LogP contribution in [0.2, 0.25) is 0 Å². The van der Waals surface area contributed by atoms with Gasteiger partial charge in [0.15, 0.2) is 0 Å². The van der Waals surface area contributed by atoms with Gasteiger partial charge >= 0.3 is 0 Å². The van der Waals surface area contributed by atoms with Crippen LogP contribution in [0.4, 0.5) is 0 Å². The van der Waals surface area contributed by atoms with Crippen molar-refractivity contribution in [1.82, 2.24) is 10.2 Å². The third kappa shape index (κ3) is 3.27. The molecule has 0 aromatic heterocycles. The van der Waals surface area contributed by atoms with E-state index in [9.17, 15) is 4.79 Å². The smallest absolute Gasteiger partial charge is 0.237 e. The molecule has 0 unspecified atom stereocenters. The summed E-state index contributed by atoms with van der Waals surface area (Å²) in [4.78, 5) is 14.4. The third-order valence-electron chi connectivity index (χ3n) is 4.70. The molecule has 0 radical (unpaired) electrons. The Kier molecular flexibility index (Phi) is 4.56. The maximum atomic E-state index is 12.3. The van der Waals surface area contributed by atoms with Crippen molar-refractivity contribution >= 4 is 5.91 Å². The zero-order valence-electron chi connectivity index (χ0n) is 12.6.